The number of hydrogen-bond acceptors (Lipinski definition) is 2. The fourth-order valence-electron chi connectivity index (χ4n) is 1.69. The Hall–Kier alpha value is -1.56. The molecule has 1 aliphatic heterocycles. The Bertz CT molecular complexity index is 408. The highest BCUT2D eigenvalue weighted by atomic mass is 16.5. The van der Waals surface area contributed by atoms with Crippen molar-refractivity contribution in [2.75, 3.05) is 32.8 Å². The zero-order chi connectivity index (χ0) is 11.8. The summed E-state index contributed by atoms with van der Waals surface area (Å²) in [7, 11) is 0. The molecular formula is C15H17NO. The number of hydrogen-bond donors (Lipinski definition) is 0. The average Bonchev–Trinajstić information content (AvgIpc) is 2.41. The summed E-state index contributed by atoms with van der Waals surface area (Å²) < 4.78 is 5.29. The van der Waals surface area contributed by atoms with Gasteiger partial charge in [-0.05, 0) is 18.2 Å². The molecule has 0 saturated carbocycles. The quantitative estimate of drug-likeness (QED) is 0.716. The minimum atomic E-state index is 0.851. The van der Waals surface area contributed by atoms with Crippen molar-refractivity contribution in [3.05, 3.63) is 48.0 Å². The summed E-state index contributed by atoms with van der Waals surface area (Å²) in [5.74, 6) is 6.16. The van der Waals surface area contributed by atoms with Crippen molar-refractivity contribution >= 4 is 0 Å². The third-order valence-electron chi connectivity index (χ3n) is 2.66. The Morgan fingerprint density at radius 3 is 2.71 bits per heavy atom. The lowest BCUT2D eigenvalue weighted by atomic mass is 10.2. The molecule has 0 bridgehead atoms. The van der Waals surface area contributed by atoms with E-state index < -0.39 is 0 Å². The van der Waals surface area contributed by atoms with E-state index in [0.29, 0.717) is 0 Å². The maximum atomic E-state index is 5.29. The summed E-state index contributed by atoms with van der Waals surface area (Å²) in [6, 6.07) is 10.0. The van der Waals surface area contributed by atoms with Crippen molar-refractivity contribution in [2.45, 2.75) is 0 Å². The summed E-state index contributed by atoms with van der Waals surface area (Å²) >= 11 is 0. The molecule has 1 fully saturated rings. The molecule has 1 aromatic rings. The molecule has 1 heterocycles. The number of morpholine rings is 1. The molecule has 17 heavy (non-hydrogen) atoms. The van der Waals surface area contributed by atoms with Crippen LogP contribution < -0.4 is 0 Å². The summed E-state index contributed by atoms with van der Waals surface area (Å²) in [4.78, 5) is 2.37. The largest absolute Gasteiger partial charge is 0.379 e. The van der Waals surface area contributed by atoms with Crippen LogP contribution in [0.2, 0.25) is 0 Å². The van der Waals surface area contributed by atoms with Crippen LogP contribution in [0.1, 0.15) is 5.56 Å². The van der Waals surface area contributed by atoms with E-state index in [0.717, 1.165) is 38.4 Å². The lowest BCUT2D eigenvalue weighted by Gasteiger charge is -2.24. The zero-order valence-corrected chi connectivity index (χ0v) is 9.93. The Balaban J connectivity index is 1.76. The van der Waals surface area contributed by atoms with Crippen LogP contribution in [-0.2, 0) is 4.74 Å². The molecule has 1 aromatic carbocycles. The van der Waals surface area contributed by atoms with Gasteiger partial charge < -0.3 is 4.74 Å². The topological polar surface area (TPSA) is 12.5 Å². The van der Waals surface area contributed by atoms with Crippen LogP contribution in [0, 0.1) is 11.8 Å². The summed E-state index contributed by atoms with van der Waals surface area (Å²) in [5.41, 5.74) is 1.06. The second kappa shape index (κ2) is 6.90. The van der Waals surface area contributed by atoms with Gasteiger partial charge in [-0.3, -0.25) is 4.90 Å². The van der Waals surface area contributed by atoms with E-state index in [2.05, 4.69) is 22.8 Å². The van der Waals surface area contributed by atoms with E-state index in [1.807, 2.05) is 36.4 Å². The molecule has 1 aliphatic rings. The Labute approximate surface area is 103 Å². The van der Waals surface area contributed by atoms with Crippen molar-refractivity contribution in [1.82, 2.24) is 4.90 Å². The molecule has 2 heteroatoms. The lowest BCUT2D eigenvalue weighted by Crippen LogP contribution is -2.36. The predicted octanol–water partition coefficient (Wildman–Crippen LogP) is 1.93. The van der Waals surface area contributed by atoms with Gasteiger partial charge in [0.1, 0.15) is 0 Å². The molecule has 0 unspecified atom stereocenters. The number of nitrogens with zero attached hydrogens (tertiary/aromatic N) is 1. The Morgan fingerprint density at radius 1 is 1.18 bits per heavy atom. The molecule has 0 aromatic heterocycles. The molecule has 1 saturated heterocycles. The monoisotopic (exact) mass is 227 g/mol. The van der Waals surface area contributed by atoms with E-state index in [1.54, 1.807) is 0 Å². The van der Waals surface area contributed by atoms with Crippen LogP contribution in [0.4, 0.5) is 0 Å². The van der Waals surface area contributed by atoms with Crippen molar-refractivity contribution in [1.29, 1.82) is 0 Å². The predicted molar refractivity (Wildman–Crippen MR) is 69.7 cm³/mol. The highest BCUT2D eigenvalue weighted by Crippen LogP contribution is 1.96. The van der Waals surface area contributed by atoms with Gasteiger partial charge >= 0.3 is 0 Å². The van der Waals surface area contributed by atoms with Crippen LogP contribution in [0.5, 0.6) is 0 Å². The van der Waals surface area contributed by atoms with Crippen LogP contribution in [0.25, 0.3) is 0 Å². The van der Waals surface area contributed by atoms with Gasteiger partial charge in [-0.25, -0.2) is 0 Å². The van der Waals surface area contributed by atoms with Gasteiger partial charge in [-0.1, -0.05) is 36.1 Å². The SMILES string of the molecule is C(#Cc1ccccc1)/C=C\CN1CCOCC1. The third-order valence-corrected chi connectivity index (χ3v) is 2.66. The van der Waals surface area contributed by atoms with Crippen molar-refractivity contribution < 1.29 is 4.74 Å². The highest BCUT2D eigenvalue weighted by Gasteiger charge is 2.06. The molecule has 0 amide bonds. The standard InChI is InChI=1S/C15H17NO/c1-3-7-15(8-4-1)9-5-2-6-10-16-11-13-17-14-12-16/h1-4,6-8H,10-14H2/b6-2-. The van der Waals surface area contributed by atoms with E-state index in [-0.39, 0.29) is 0 Å². The summed E-state index contributed by atoms with van der Waals surface area (Å²) in [6.45, 7) is 4.72. The maximum absolute atomic E-state index is 5.29. The second-order valence-corrected chi connectivity index (χ2v) is 3.95. The van der Waals surface area contributed by atoms with Gasteiger partial charge in [-0.15, -0.1) is 0 Å². The van der Waals surface area contributed by atoms with Gasteiger partial charge in [0.2, 0.25) is 0 Å². The van der Waals surface area contributed by atoms with Crippen LogP contribution in [-0.4, -0.2) is 37.7 Å². The number of rotatable bonds is 2. The number of ether oxygens (including phenoxy) is 1. The van der Waals surface area contributed by atoms with Gasteiger partial charge in [0.15, 0.2) is 0 Å². The minimum absolute atomic E-state index is 0.851. The average molecular weight is 227 g/mol. The highest BCUT2D eigenvalue weighted by molar-refractivity contribution is 5.36. The summed E-state index contributed by atoms with van der Waals surface area (Å²) in [5, 5.41) is 0. The first-order chi connectivity index (χ1) is 8.45. The first-order valence-electron chi connectivity index (χ1n) is 5.97. The molecular weight excluding hydrogens is 210 g/mol. The molecule has 2 nitrogen and oxygen atoms in total. The molecule has 0 spiro atoms. The van der Waals surface area contributed by atoms with E-state index >= 15 is 0 Å². The van der Waals surface area contributed by atoms with Crippen molar-refractivity contribution in [3.8, 4) is 11.8 Å². The fourth-order valence-corrected chi connectivity index (χ4v) is 1.69. The molecule has 0 atom stereocenters. The minimum Gasteiger partial charge on any atom is -0.379 e. The smallest absolute Gasteiger partial charge is 0.0594 e. The maximum Gasteiger partial charge on any atom is 0.0594 e. The zero-order valence-electron chi connectivity index (χ0n) is 9.93. The normalized spacial score (nSPS) is 16.7. The van der Waals surface area contributed by atoms with Crippen LogP contribution >= 0.6 is 0 Å². The lowest BCUT2D eigenvalue weighted by molar-refractivity contribution is 0.0434. The first kappa shape index (κ1) is 11.9. The van der Waals surface area contributed by atoms with E-state index in [1.165, 1.54) is 0 Å². The Kier molecular flexibility index (Phi) is 4.84. The van der Waals surface area contributed by atoms with E-state index in [4.69, 9.17) is 4.74 Å². The Morgan fingerprint density at radius 2 is 1.94 bits per heavy atom. The van der Waals surface area contributed by atoms with Gasteiger partial charge in [0, 0.05) is 25.2 Å². The third kappa shape index (κ3) is 4.44. The molecule has 0 aliphatic carbocycles. The van der Waals surface area contributed by atoms with Crippen molar-refractivity contribution in [3.63, 3.8) is 0 Å². The van der Waals surface area contributed by atoms with E-state index in [9.17, 15) is 0 Å². The molecule has 0 N–H and O–H groups in total. The summed E-state index contributed by atoms with van der Waals surface area (Å²) in [6.07, 6.45) is 4.05. The molecule has 2 rings (SSSR count). The number of benzene rings is 1. The fraction of sp³-hybridized carbons (Fsp3) is 0.333. The molecule has 88 valence electrons. The number of allylic oxidation sites excluding steroid dienone is 1. The van der Waals surface area contributed by atoms with Crippen LogP contribution in [0.15, 0.2) is 42.5 Å². The van der Waals surface area contributed by atoms with Crippen molar-refractivity contribution in [2.24, 2.45) is 0 Å². The van der Waals surface area contributed by atoms with Gasteiger partial charge in [0.05, 0.1) is 13.2 Å². The van der Waals surface area contributed by atoms with Gasteiger partial charge in [0.25, 0.3) is 0 Å². The van der Waals surface area contributed by atoms with Crippen LogP contribution in [0.3, 0.4) is 0 Å². The first-order valence-corrected chi connectivity index (χ1v) is 5.97. The van der Waals surface area contributed by atoms with Gasteiger partial charge in [-0.2, -0.15) is 0 Å². The second-order valence-electron chi connectivity index (χ2n) is 3.95. The molecule has 0 radical (unpaired) electrons.